The number of allylic oxidation sites excluding steroid dienone is 1. The zero-order valence-corrected chi connectivity index (χ0v) is 9.72. The number of esters is 1. The van der Waals surface area contributed by atoms with Crippen molar-refractivity contribution in [3.63, 3.8) is 0 Å². The summed E-state index contributed by atoms with van der Waals surface area (Å²) in [7, 11) is 0. The molecule has 3 heteroatoms. The highest BCUT2D eigenvalue weighted by molar-refractivity contribution is 6.21. The molecule has 14 heavy (non-hydrogen) atoms. The lowest BCUT2D eigenvalue weighted by atomic mass is 10.2. The Bertz CT molecular complexity index is 178. The van der Waals surface area contributed by atoms with Crippen LogP contribution in [0.4, 0.5) is 0 Å². The minimum atomic E-state index is -0.291. The first kappa shape index (κ1) is 13.5. The van der Waals surface area contributed by atoms with Crippen LogP contribution >= 0.6 is 11.6 Å². The van der Waals surface area contributed by atoms with Gasteiger partial charge in [-0.05, 0) is 12.8 Å². The van der Waals surface area contributed by atoms with Crippen molar-refractivity contribution in [1.82, 2.24) is 0 Å². The summed E-state index contributed by atoms with van der Waals surface area (Å²) >= 11 is 5.89. The van der Waals surface area contributed by atoms with Gasteiger partial charge in [0.1, 0.15) is 0 Å². The van der Waals surface area contributed by atoms with E-state index in [9.17, 15) is 4.79 Å². The Morgan fingerprint density at radius 3 is 2.71 bits per heavy atom. The fourth-order valence-corrected chi connectivity index (χ4v) is 1.21. The number of hydrogen-bond donors (Lipinski definition) is 0. The van der Waals surface area contributed by atoms with Crippen molar-refractivity contribution >= 4 is 17.6 Å². The van der Waals surface area contributed by atoms with E-state index in [1.165, 1.54) is 6.08 Å². The molecule has 1 unspecified atom stereocenters. The van der Waals surface area contributed by atoms with Crippen molar-refractivity contribution in [2.45, 2.75) is 44.9 Å². The van der Waals surface area contributed by atoms with Crippen LogP contribution in [0.2, 0.25) is 0 Å². The maximum atomic E-state index is 11.1. The number of unbranched alkanes of at least 4 members (excludes halogenated alkanes) is 1. The zero-order valence-electron chi connectivity index (χ0n) is 8.96. The average Bonchev–Trinajstić information content (AvgIpc) is 2.16. The smallest absolute Gasteiger partial charge is 0.330 e. The summed E-state index contributed by atoms with van der Waals surface area (Å²) in [5.74, 6) is -0.291. The first-order valence-electron chi connectivity index (χ1n) is 5.19. The summed E-state index contributed by atoms with van der Waals surface area (Å²) in [6.45, 7) is 4.61. The fourth-order valence-electron chi connectivity index (χ4n) is 0.920. The van der Waals surface area contributed by atoms with E-state index in [2.05, 4.69) is 13.8 Å². The average molecular weight is 219 g/mol. The third kappa shape index (κ3) is 8.11. The van der Waals surface area contributed by atoms with Crippen LogP contribution in [0.3, 0.4) is 0 Å². The van der Waals surface area contributed by atoms with Gasteiger partial charge in [0.25, 0.3) is 0 Å². The predicted molar refractivity (Wildman–Crippen MR) is 59.6 cm³/mol. The molecule has 0 fully saturated rings. The Hall–Kier alpha value is -0.500. The summed E-state index contributed by atoms with van der Waals surface area (Å²) in [5.41, 5.74) is 0. The minimum absolute atomic E-state index is 0.0567. The molecule has 0 spiro atoms. The number of rotatable bonds is 7. The summed E-state index contributed by atoms with van der Waals surface area (Å²) in [6.07, 6.45) is 6.97. The van der Waals surface area contributed by atoms with Crippen LogP contribution in [0.15, 0.2) is 12.2 Å². The molecule has 0 aliphatic carbocycles. The van der Waals surface area contributed by atoms with E-state index in [4.69, 9.17) is 16.3 Å². The molecule has 0 aromatic heterocycles. The first-order chi connectivity index (χ1) is 6.70. The van der Waals surface area contributed by atoms with Crippen molar-refractivity contribution in [2.24, 2.45) is 0 Å². The summed E-state index contributed by atoms with van der Waals surface area (Å²) in [5, 5.41) is -0.0567. The zero-order chi connectivity index (χ0) is 10.8. The minimum Gasteiger partial charge on any atom is -0.463 e. The molecule has 0 rings (SSSR count). The lowest BCUT2D eigenvalue weighted by Crippen LogP contribution is -2.03. The Labute approximate surface area is 91.3 Å². The van der Waals surface area contributed by atoms with Crippen molar-refractivity contribution in [1.29, 1.82) is 0 Å². The van der Waals surface area contributed by atoms with Gasteiger partial charge in [0, 0.05) is 6.08 Å². The van der Waals surface area contributed by atoms with E-state index >= 15 is 0 Å². The van der Waals surface area contributed by atoms with Gasteiger partial charge in [-0.3, -0.25) is 0 Å². The fraction of sp³-hybridized carbons (Fsp3) is 0.727. The molecule has 0 aliphatic rings. The molecule has 0 aliphatic heterocycles. The van der Waals surface area contributed by atoms with Crippen LogP contribution in [0.25, 0.3) is 0 Å². The maximum Gasteiger partial charge on any atom is 0.330 e. The predicted octanol–water partition coefficient (Wildman–Crippen LogP) is 3.29. The number of alkyl halides is 1. The summed E-state index contributed by atoms with van der Waals surface area (Å²) < 4.78 is 4.93. The maximum absolute atomic E-state index is 11.1. The van der Waals surface area contributed by atoms with Crippen LogP contribution in [-0.4, -0.2) is 18.0 Å². The van der Waals surface area contributed by atoms with Gasteiger partial charge < -0.3 is 4.74 Å². The van der Waals surface area contributed by atoms with E-state index in [0.717, 1.165) is 25.7 Å². The molecule has 0 amide bonds. The first-order valence-corrected chi connectivity index (χ1v) is 5.63. The number of hydrogen-bond acceptors (Lipinski definition) is 2. The Balaban J connectivity index is 3.59. The van der Waals surface area contributed by atoms with Crippen LogP contribution in [-0.2, 0) is 9.53 Å². The second-order valence-electron chi connectivity index (χ2n) is 3.18. The van der Waals surface area contributed by atoms with Gasteiger partial charge in [-0.15, -0.1) is 11.6 Å². The second kappa shape index (κ2) is 9.07. The van der Waals surface area contributed by atoms with E-state index in [1.54, 1.807) is 6.08 Å². The number of halogens is 1. The quantitative estimate of drug-likeness (QED) is 0.284. The van der Waals surface area contributed by atoms with Crippen molar-refractivity contribution < 1.29 is 9.53 Å². The van der Waals surface area contributed by atoms with Crippen LogP contribution < -0.4 is 0 Å². The summed E-state index contributed by atoms with van der Waals surface area (Å²) in [4.78, 5) is 11.1. The molecule has 0 aromatic carbocycles. The number of carbonyl (C=O) groups excluding carboxylic acids is 1. The molecule has 0 bridgehead atoms. The molecular weight excluding hydrogens is 200 g/mol. The molecule has 0 saturated carbocycles. The topological polar surface area (TPSA) is 26.3 Å². The van der Waals surface area contributed by atoms with Crippen molar-refractivity contribution in [3.8, 4) is 0 Å². The third-order valence-electron chi connectivity index (χ3n) is 1.75. The van der Waals surface area contributed by atoms with E-state index in [1.807, 2.05) is 0 Å². The molecule has 0 heterocycles. The Morgan fingerprint density at radius 1 is 1.43 bits per heavy atom. The SMILES string of the molecule is CCCCOC(=O)/C=C/C(Cl)CCC. The van der Waals surface area contributed by atoms with Gasteiger partial charge in [-0.25, -0.2) is 4.79 Å². The van der Waals surface area contributed by atoms with Gasteiger partial charge in [-0.1, -0.05) is 32.8 Å². The highest BCUT2D eigenvalue weighted by Crippen LogP contribution is 2.06. The molecule has 1 atom stereocenters. The van der Waals surface area contributed by atoms with Crippen LogP contribution in [0.1, 0.15) is 39.5 Å². The number of ether oxygens (including phenoxy) is 1. The monoisotopic (exact) mass is 218 g/mol. The van der Waals surface area contributed by atoms with E-state index in [-0.39, 0.29) is 11.3 Å². The molecule has 0 N–H and O–H groups in total. The Morgan fingerprint density at radius 2 is 2.14 bits per heavy atom. The molecule has 2 nitrogen and oxygen atoms in total. The highest BCUT2D eigenvalue weighted by atomic mass is 35.5. The number of carbonyl (C=O) groups is 1. The van der Waals surface area contributed by atoms with Gasteiger partial charge in [-0.2, -0.15) is 0 Å². The van der Waals surface area contributed by atoms with Crippen molar-refractivity contribution in [3.05, 3.63) is 12.2 Å². The molecular formula is C11H19ClO2. The van der Waals surface area contributed by atoms with Crippen molar-refractivity contribution in [2.75, 3.05) is 6.61 Å². The molecule has 0 radical (unpaired) electrons. The normalized spacial score (nSPS) is 13.1. The lowest BCUT2D eigenvalue weighted by molar-refractivity contribution is -0.137. The van der Waals surface area contributed by atoms with Crippen LogP contribution in [0, 0.1) is 0 Å². The van der Waals surface area contributed by atoms with Gasteiger partial charge in [0.2, 0.25) is 0 Å². The van der Waals surface area contributed by atoms with Gasteiger partial charge in [0.05, 0.1) is 12.0 Å². The van der Waals surface area contributed by atoms with E-state index < -0.39 is 0 Å². The van der Waals surface area contributed by atoms with Gasteiger partial charge in [0.15, 0.2) is 0 Å². The lowest BCUT2D eigenvalue weighted by Gasteiger charge is -2.01. The highest BCUT2D eigenvalue weighted by Gasteiger charge is 2.00. The largest absolute Gasteiger partial charge is 0.463 e. The van der Waals surface area contributed by atoms with E-state index in [0.29, 0.717) is 6.61 Å². The third-order valence-corrected chi connectivity index (χ3v) is 2.11. The molecule has 82 valence electrons. The standard InChI is InChI=1S/C11H19ClO2/c1-3-5-9-14-11(13)8-7-10(12)6-4-2/h7-8,10H,3-6,9H2,1-2H3/b8-7+. The second-order valence-corrected chi connectivity index (χ2v) is 3.75. The van der Waals surface area contributed by atoms with Crippen LogP contribution in [0.5, 0.6) is 0 Å². The molecule has 0 saturated heterocycles. The Kier molecular flexibility index (Phi) is 8.75. The molecule has 0 aromatic rings. The van der Waals surface area contributed by atoms with Gasteiger partial charge >= 0.3 is 5.97 Å². The summed E-state index contributed by atoms with van der Waals surface area (Å²) in [6, 6.07) is 0.